The number of aromatic nitrogens is 2. The molecule has 0 atom stereocenters. The van der Waals surface area contributed by atoms with Crippen LogP contribution in [0.25, 0.3) is 0 Å². The average Bonchev–Trinajstić information content (AvgIpc) is 2.71. The molecule has 0 unspecified atom stereocenters. The Hall–Kier alpha value is -0.650. The van der Waals surface area contributed by atoms with Crippen LogP contribution in [0, 0.1) is 0 Å². The second kappa shape index (κ2) is 5.33. The lowest BCUT2D eigenvalue weighted by Crippen LogP contribution is -1.95. The van der Waals surface area contributed by atoms with Crippen molar-refractivity contribution >= 4 is 49.8 Å². The summed E-state index contributed by atoms with van der Waals surface area (Å²) >= 11 is 10.8. The lowest BCUT2D eigenvalue weighted by Gasteiger charge is -2.04. The van der Waals surface area contributed by atoms with Gasteiger partial charge in [-0.15, -0.1) is 11.3 Å². The van der Waals surface area contributed by atoms with Crippen LogP contribution < -0.4 is 5.32 Å². The Morgan fingerprint density at radius 2 is 2.24 bits per heavy atom. The molecule has 0 aromatic carbocycles. The summed E-state index contributed by atoms with van der Waals surface area (Å²) in [5, 5.41) is 6.66. The van der Waals surface area contributed by atoms with Gasteiger partial charge in [-0.1, -0.05) is 25.4 Å². The highest BCUT2D eigenvalue weighted by Crippen LogP contribution is 2.28. The molecule has 0 aliphatic carbocycles. The molecule has 0 aliphatic heterocycles. The first-order valence-electron chi connectivity index (χ1n) is 5.09. The largest absolute Gasteiger partial charge is 0.315 e. The standard InChI is InChI=1S/C11H11BrClN3S/c1-6(2)9-5-17-11(15-9)16-10-8(12)3-7(13)4-14-10/h3-6H,1-2H3,(H,14,15,16). The molecule has 6 heteroatoms. The lowest BCUT2D eigenvalue weighted by atomic mass is 10.2. The van der Waals surface area contributed by atoms with Crippen LogP contribution >= 0.6 is 38.9 Å². The molecule has 0 saturated heterocycles. The van der Waals surface area contributed by atoms with E-state index in [1.165, 1.54) is 0 Å². The number of hydrogen-bond donors (Lipinski definition) is 1. The average molecular weight is 333 g/mol. The third-order valence-corrected chi connectivity index (χ3v) is 3.73. The molecule has 2 heterocycles. The Bertz CT molecular complexity index is 527. The van der Waals surface area contributed by atoms with E-state index in [2.05, 4.69) is 50.4 Å². The summed E-state index contributed by atoms with van der Waals surface area (Å²) in [5.74, 6) is 1.16. The molecule has 0 amide bonds. The Kier molecular flexibility index (Phi) is 4.01. The molecule has 0 bridgehead atoms. The van der Waals surface area contributed by atoms with Crippen molar-refractivity contribution in [2.75, 3.05) is 5.32 Å². The summed E-state index contributed by atoms with van der Waals surface area (Å²) in [4.78, 5) is 8.69. The lowest BCUT2D eigenvalue weighted by molar-refractivity contribution is 0.834. The highest BCUT2D eigenvalue weighted by Gasteiger charge is 2.08. The zero-order valence-electron chi connectivity index (χ0n) is 9.37. The molecule has 3 nitrogen and oxygen atoms in total. The summed E-state index contributed by atoms with van der Waals surface area (Å²) in [5.41, 5.74) is 1.09. The first-order chi connectivity index (χ1) is 8.06. The van der Waals surface area contributed by atoms with Crippen molar-refractivity contribution in [2.24, 2.45) is 0 Å². The van der Waals surface area contributed by atoms with Gasteiger partial charge in [-0.3, -0.25) is 0 Å². The number of halogens is 2. The zero-order valence-corrected chi connectivity index (χ0v) is 12.5. The van der Waals surface area contributed by atoms with Gasteiger partial charge in [0.2, 0.25) is 0 Å². The third kappa shape index (κ3) is 3.18. The topological polar surface area (TPSA) is 37.8 Å². The van der Waals surface area contributed by atoms with Gasteiger partial charge in [0.05, 0.1) is 15.2 Å². The third-order valence-electron chi connectivity index (χ3n) is 2.15. The summed E-state index contributed by atoms with van der Waals surface area (Å²) in [6.07, 6.45) is 1.60. The number of pyridine rings is 1. The highest BCUT2D eigenvalue weighted by molar-refractivity contribution is 9.10. The van der Waals surface area contributed by atoms with E-state index in [1.807, 2.05) is 0 Å². The van der Waals surface area contributed by atoms with Crippen molar-refractivity contribution in [3.05, 3.63) is 32.8 Å². The zero-order chi connectivity index (χ0) is 12.4. The van der Waals surface area contributed by atoms with E-state index < -0.39 is 0 Å². The van der Waals surface area contributed by atoms with Crippen LogP contribution in [0.5, 0.6) is 0 Å². The highest BCUT2D eigenvalue weighted by atomic mass is 79.9. The van der Waals surface area contributed by atoms with Gasteiger partial charge in [0.15, 0.2) is 5.13 Å². The fourth-order valence-corrected chi connectivity index (χ4v) is 2.83. The summed E-state index contributed by atoms with van der Waals surface area (Å²) in [6.45, 7) is 4.24. The Morgan fingerprint density at radius 3 is 2.82 bits per heavy atom. The number of hydrogen-bond acceptors (Lipinski definition) is 4. The van der Waals surface area contributed by atoms with E-state index in [0.29, 0.717) is 10.9 Å². The first-order valence-corrected chi connectivity index (χ1v) is 7.15. The molecule has 17 heavy (non-hydrogen) atoms. The van der Waals surface area contributed by atoms with Crippen LogP contribution in [0.4, 0.5) is 10.9 Å². The summed E-state index contributed by atoms with van der Waals surface area (Å²) in [6, 6.07) is 1.80. The maximum absolute atomic E-state index is 5.83. The SMILES string of the molecule is CC(C)c1csc(Nc2ncc(Cl)cc2Br)n1. The van der Waals surface area contributed by atoms with E-state index >= 15 is 0 Å². The monoisotopic (exact) mass is 331 g/mol. The smallest absolute Gasteiger partial charge is 0.188 e. The van der Waals surface area contributed by atoms with Crippen LogP contribution in [0.1, 0.15) is 25.5 Å². The Labute approximate surface area is 117 Å². The summed E-state index contributed by atoms with van der Waals surface area (Å²) in [7, 11) is 0. The molecule has 90 valence electrons. The maximum Gasteiger partial charge on any atom is 0.188 e. The van der Waals surface area contributed by atoms with E-state index in [0.717, 1.165) is 21.1 Å². The minimum Gasteiger partial charge on any atom is -0.315 e. The van der Waals surface area contributed by atoms with E-state index in [9.17, 15) is 0 Å². The Morgan fingerprint density at radius 1 is 1.47 bits per heavy atom. The van der Waals surface area contributed by atoms with Crippen molar-refractivity contribution in [3.63, 3.8) is 0 Å². The second-order valence-corrected chi connectivity index (χ2v) is 5.99. The summed E-state index contributed by atoms with van der Waals surface area (Å²) < 4.78 is 0.825. The van der Waals surface area contributed by atoms with E-state index in [4.69, 9.17) is 11.6 Å². The van der Waals surface area contributed by atoms with Crippen LogP contribution in [0.2, 0.25) is 5.02 Å². The van der Waals surface area contributed by atoms with E-state index in [-0.39, 0.29) is 0 Å². The fourth-order valence-electron chi connectivity index (χ4n) is 1.22. The molecule has 0 saturated carbocycles. The van der Waals surface area contributed by atoms with Crippen LogP contribution in [0.3, 0.4) is 0 Å². The van der Waals surface area contributed by atoms with Crippen molar-refractivity contribution in [1.82, 2.24) is 9.97 Å². The minimum atomic E-state index is 0.434. The number of anilines is 2. The number of thiazole rings is 1. The molecule has 0 radical (unpaired) electrons. The first kappa shape index (κ1) is 12.8. The predicted molar refractivity (Wildman–Crippen MR) is 76.4 cm³/mol. The molecule has 0 aliphatic rings. The van der Waals surface area contributed by atoms with Gasteiger partial charge in [-0.2, -0.15) is 0 Å². The number of nitrogens with one attached hydrogen (secondary N) is 1. The molecule has 0 spiro atoms. The molecule has 2 rings (SSSR count). The van der Waals surface area contributed by atoms with Crippen LogP contribution in [-0.2, 0) is 0 Å². The molecular weight excluding hydrogens is 322 g/mol. The minimum absolute atomic E-state index is 0.434. The van der Waals surface area contributed by atoms with Crippen molar-refractivity contribution in [2.45, 2.75) is 19.8 Å². The van der Waals surface area contributed by atoms with Crippen LogP contribution in [0.15, 0.2) is 22.1 Å². The van der Waals surface area contributed by atoms with Gasteiger partial charge in [0.25, 0.3) is 0 Å². The van der Waals surface area contributed by atoms with Gasteiger partial charge >= 0.3 is 0 Å². The van der Waals surface area contributed by atoms with Gasteiger partial charge in [-0.05, 0) is 27.9 Å². The molecular formula is C11H11BrClN3S. The van der Waals surface area contributed by atoms with Crippen molar-refractivity contribution < 1.29 is 0 Å². The predicted octanol–water partition coefficient (Wildman–Crippen LogP) is 4.82. The quantitative estimate of drug-likeness (QED) is 0.875. The number of rotatable bonds is 3. The second-order valence-electron chi connectivity index (χ2n) is 3.84. The molecule has 2 aromatic heterocycles. The molecule has 2 aromatic rings. The van der Waals surface area contributed by atoms with Gasteiger partial charge in [0.1, 0.15) is 5.82 Å². The van der Waals surface area contributed by atoms with Crippen LogP contribution in [-0.4, -0.2) is 9.97 Å². The Balaban J connectivity index is 2.19. The van der Waals surface area contributed by atoms with Gasteiger partial charge in [0, 0.05) is 11.6 Å². The number of nitrogens with zero attached hydrogens (tertiary/aromatic N) is 2. The van der Waals surface area contributed by atoms with Crippen molar-refractivity contribution in [3.8, 4) is 0 Å². The van der Waals surface area contributed by atoms with E-state index in [1.54, 1.807) is 23.6 Å². The van der Waals surface area contributed by atoms with Crippen molar-refractivity contribution in [1.29, 1.82) is 0 Å². The van der Waals surface area contributed by atoms with Gasteiger partial charge < -0.3 is 5.32 Å². The molecule has 1 N–H and O–H groups in total. The normalized spacial score (nSPS) is 10.9. The molecule has 0 fully saturated rings. The maximum atomic E-state index is 5.83. The van der Waals surface area contributed by atoms with Gasteiger partial charge in [-0.25, -0.2) is 9.97 Å². The fraction of sp³-hybridized carbons (Fsp3) is 0.273.